The van der Waals surface area contributed by atoms with Gasteiger partial charge in [-0.2, -0.15) is 0 Å². The zero-order valence-electron chi connectivity index (χ0n) is 13.7. The lowest BCUT2D eigenvalue weighted by Crippen LogP contribution is -2.46. The van der Waals surface area contributed by atoms with E-state index < -0.39 is 0 Å². The fourth-order valence-electron chi connectivity index (χ4n) is 2.70. The molecule has 0 spiro atoms. The molecular weight excluding hydrogens is 280 g/mol. The maximum Gasteiger partial charge on any atom is 0.254 e. The summed E-state index contributed by atoms with van der Waals surface area (Å²) in [7, 11) is 0. The van der Waals surface area contributed by atoms with Gasteiger partial charge in [0.15, 0.2) is 0 Å². The number of piperidine rings is 1. The summed E-state index contributed by atoms with van der Waals surface area (Å²) in [5.41, 5.74) is 0.396. The largest absolute Gasteiger partial charge is 0.475 e. The number of amides is 1. The molecular formula is C17H26N2O3. The van der Waals surface area contributed by atoms with Crippen molar-refractivity contribution in [3.8, 4) is 5.88 Å². The van der Waals surface area contributed by atoms with Gasteiger partial charge in [-0.05, 0) is 32.3 Å². The van der Waals surface area contributed by atoms with Crippen molar-refractivity contribution < 1.29 is 14.6 Å². The average Bonchev–Trinajstić information content (AvgIpc) is 2.54. The van der Waals surface area contributed by atoms with Gasteiger partial charge in [-0.25, -0.2) is 4.98 Å². The second-order valence-corrected chi connectivity index (χ2v) is 6.52. The van der Waals surface area contributed by atoms with E-state index >= 15 is 0 Å². The minimum atomic E-state index is -0.197. The van der Waals surface area contributed by atoms with Crippen molar-refractivity contribution in [2.45, 2.75) is 46.1 Å². The van der Waals surface area contributed by atoms with Crippen LogP contribution >= 0.6 is 0 Å². The van der Waals surface area contributed by atoms with Crippen molar-refractivity contribution in [1.82, 2.24) is 9.88 Å². The third kappa shape index (κ3) is 3.97. The summed E-state index contributed by atoms with van der Waals surface area (Å²) >= 11 is 0. The molecule has 122 valence electrons. The predicted molar refractivity (Wildman–Crippen MR) is 84.9 cm³/mol. The third-order valence-corrected chi connectivity index (χ3v) is 4.33. The minimum absolute atomic E-state index is 0.0178. The fraction of sp³-hybridized carbons (Fsp3) is 0.647. The first-order chi connectivity index (χ1) is 10.5. The van der Waals surface area contributed by atoms with Crippen molar-refractivity contribution >= 4 is 5.91 Å². The molecule has 22 heavy (non-hydrogen) atoms. The number of likely N-dealkylation sites (tertiary alicyclic amines) is 1. The van der Waals surface area contributed by atoms with Crippen molar-refractivity contribution in [2.75, 3.05) is 19.7 Å². The van der Waals surface area contributed by atoms with Crippen molar-refractivity contribution in [3.63, 3.8) is 0 Å². The Morgan fingerprint density at radius 1 is 1.59 bits per heavy atom. The molecule has 1 N–H and O–H groups in total. The van der Waals surface area contributed by atoms with Crippen molar-refractivity contribution in [2.24, 2.45) is 5.41 Å². The van der Waals surface area contributed by atoms with E-state index in [1.807, 2.05) is 25.7 Å². The highest BCUT2D eigenvalue weighted by Crippen LogP contribution is 2.29. The molecule has 5 heteroatoms. The summed E-state index contributed by atoms with van der Waals surface area (Å²) < 4.78 is 5.68. The number of aromatic nitrogens is 1. The van der Waals surface area contributed by atoms with Crippen LogP contribution in [0.25, 0.3) is 0 Å². The number of aliphatic hydroxyl groups is 1. The number of pyridine rings is 1. The number of nitrogens with zero attached hydrogens (tertiary/aromatic N) is 2. The van der Waals surface area contributed by atoms with E-state index in [2.05, 4.69) is 4.98 Å². The number of rotatable bonds is 5. The molecule has 1 aliphatic heterocycles. The predicted octanol–water partition coefficient (Wildman–Crippen LogP) is 2.49. The van der Waals surface area contributed by atoms with Gasteiger partial charge in [-0.1, -0.05) is 13.8 Å². The van der Waals surface area contributed by atoms with Gasteiger partial charge in [0.05, 0.1) is 12.7 Å². The van der Waals surface area contributed by atoms with Gasteiger partial charge in [0.2, 0.25) is 5.88 Å². The minimum Gasteiger partial charge on any atom is -0.475 e. The molecule has 1 amide bonds. The van der Waals surface area contributed by atoms with E-state index in [1.165, 1.54) is 0 Å². The molecule has 0 saturated carbocycles. The smallest absolute Gasteiger partial charge is 0.254 e. The first kappa shape index (κ1) is 16.7. The van der Waals surface area contributed by atoms with E-state index in [9.17, 15) is 9.90 Å². The number of hydrogen-bond acceptors (Lipinski definition) is 4. The van der Waals surface area contributed by atoms with E-state index in [4.69, 9.17) is 4.74 Å². The molecule has 2 heterocycles. The van der Waals surface area contributed by atoms with Gasteiger partial charge in [0.1, 0.15) is 0 Å². The van der Waals surface area contributed by atoms with Crippen LogP contribution in [0, 0.1) is 5.41 Å². The lowest BCUT2D eigenvalue weighted by Gasteiger charge is -2.39. The van der Waals surface area contributed by atoms with Gasteiger partial charge in [0, 0.05) is 36.3 Å². The van der Waals surface area contributed by atoms with Crippen LogP contribution < -0.4 is 4.74 Å². The highest BCUT2D eigenvalue weighted by molar-refractivity contribution is 5.94. The normalized spacial score (nSPS) is 23.2. The lowest BCUT2D eigenvalue weighted by atomic mass is 9.82. The van der Waals surface area contributed by atoms with E-state index in [-0.39, 0.29) is 24.0 Å². The summed E-state index contributed by atoms with van der Waals surface area (Å²) in [6.07, 6.45) is 4.45. The summed E-state index contributed by atoms with van der Waals surface area (Å²) in [4.78, 5) is 18.7. The Kier molecular flexibility index (Phi) is 5.40. The maximum absolute atomic E-state index is 12.7. The standard InChI is InChI=1S/C17H26N2O3/c1-4-13(2)22-15-10-14(6-8-18-15)16(21)19-9-5-7-17(3,11-19)12-20/h6,8,10,13,20H,4-5,7,9,11-12H2,1-3H3/t13-,17+/m1/s1. The molecule has 1 saturated heterocycles. The molecule has 1 aliphatic rings. The molecule has 5 nitrogen and oxygen atoms in total. The van der Waals surface area contributed by atoms with Crippen LogP contribution in [0.5, 0.6) is 5.88 Å². The van der Waals surface area contributed by atoms with Gasteiger partial charge in [0.25, 0.3) is 5.91 Å². The maximum atomic E-state index is 12.7. The van der Waals surface area contributed by atoms with Crippen molar-refractivity contribution in [1.29, 1.82) is 0 Å². The topological polar surface area (TPSA) is 62.7 Å². The zero-order valence-corrected chi connectivity index (χ0v) is 13.7. The average molecular weight is 306 g/mol. The summed E-state index contributed by atoms with van der Waals surface area (Å²) in [5.74, 6) is 0.470. The molecule has 2 atom stereocenters. The van der Waals surface area contributed by atoms with Crippen LogP contribution in [0.2, 0.25) is 0 Å². The van der Waals surface area contributed by atoms with Gasteiger partial charge in [-0.3, -0.25) is 4.79 Å². The van der Waals surface area contributed by atoms with Gasteiger partial charge < -0.3 is 14.7 Å². The number of ether oxygens (including phenoxy) is 1. The molecule has 1 fully saturated rings. The SMILES string of the molecule is CC[C@@H](C)Oc1cc(C(=O)N2CCC[C@](C)(CO)C2)ccn1. The monoisotopic (exact) mass is 306 g/mol. The summed E-state index contributed by atoms with van der Waals surface area (Å²) in [5, 5.41) is 9.52. The first-order valence-corrected chi connectivity index (χ1v) is 8.00. The molecule has 0 aromatic carbocycles. The molecule has 2 rings (SSSR count). The fourth-order valence-corrected chi connectivity index (χ4v) is 2.70. The van der Waals surface area contributed by atoms with Crippen LogP contribution in [0.4, 0.5) is 0 Å². The Balaban J connectivity index is 2.10. The second kappa shape index (κ2) is 7.09. The Labute approximate surface area is 132 Å². The Morgan fingerprint density at radius 2 is 2.36 bits per heavy atom. The quantitative estimate of drug-likeness (QED) is 0.908. The highest BCUT2D eigenvalue weighted by atomic mass is 16.5. The lowest BCUT2D eigenvalue weighted by molar-refractivity contribution is 0.0357. The second-order valence-electron chi connectivity index (χ2n) is 6.52. The number of carbonyl (C=O) groups is 1. The van der Waals surface area contributed by atoms with Crippen LogP contribution in [-0.4, -0.2) is 46.7 Å². The van der Waals surface area contributed by atoms with Crippen LogP contribution in [0.15, 0.2) is 18.3 Å². The summed E-state index contributed by atoms with van der Waals surface area (Å²) in [6.45, 7) is 7.48. The van der Waals surface area contributed by atoms with E-state index in [0.717, 1.165) is 25.8 Å². The molecule has 0 aliphatic carbocycles. The molecule has 0 radical (unpaired) electrons. The number of hydrogen-bond donors (Lipinski definition) is 1. The molecule has 0 unspecified atom stereocenters. The Morgan fingerprint density at radius 3 is 3.05 bits per heavy atom. The molecule has 0 bridgehead atoms. The van der Waals surface area contributed by atoms with Gasteiger partial charge in [-0.15, -0.1) is 0 Å². The molecule has 1 aromatic heterocycles. The van der Waals surface area contributed by atoms with Gasteiger partial charge >= 0.3 is 0 Å². The number of aliphatic hydroxyl groups excluding tert-OH is 1. The van der Waals surface area contributed by atoms with E-state index in [1.54, 1.807) is 18.3 Å². The first-order valence-electron chi connectivity index (χ1n) is 8.00. The highest BCUT2D eigenvalue weighted by Gasteiger charge is 2.33. The molecule has 1 aromatic rings. The third-order valence-electron chi connectivity index (χ3n) is 4.33. The summed E-state index contributed by atoms with van der Waals surface area (Å²) in [6, 6.07) is 3.43. The Bertz CT molecular complexity index is 520. The van der Waals surface area contributed by atoms with Crippen LogP contribution in [-0.2, 0) is 0 Å². The Hall–Kier alpha value is -1.62. The van der Waals surface area contributed by atoms with Crippen LogP contribution in [0.3, 0.4) is 0 Å². The zero-order chi connectivity index (χ0) is 16.2. The van der Waals surface area contributed by atoms with Crippen LogP contribution in [0.1, 0.15) is 50.4 Å². The van der Waals surface area contributed by atoms with Crippen molar-refractivity contribution in [3.05, 3.63) is 23.9 Å². The number of carbonyl (C=O) groups excluding carboxylic acids is 1. The van der Waals surface area contributed by atoms with E-state index in [0.29, 0.717) is 18.0 Å².